The predicted molar refractivity (Wildman–Crippen MR) is 235 cm³/mol. The molecule has 1 amide bonds. The number of ketones is 1. The highest BCUT2D eigenvalue weighted by Crippen LogP contribution is 2.64. The summed E-state index contributed by atoms with van der Waals surface area (Å²) in [6.45, 7) is 16.4. The third-order valence-corrected chi connectivity index (χ3v) is 13.4. The van der Waals surface area contributed by atoms with Gasteiger partial charge in [0.15, 0.2) is 17.5 Å². The van der Waals surface area contributed by atoms with Crippen LogP contribution >= 0.6 is 0 Å². The van der Waals surface area contributed by atoms with Crippen molar-refractivity contribution in [1.29, 1.82) is 0 Å². The Morgan fingerprint density at radius 3 is 2.00 bits per heavy atom. The van der Waals surface area contributed by atoms with Crippen molar-refractivity contribution in [3.63, 3.8) is 0 Å². The van der Waals surface area contributed by atoms with E-state index in [0.29, 0.717) is 17.7 Å². The van der Waals surface area contributed by atoms with Crippen LogP contribution in [-0.4, -0.2) is 127 Å². The van der Waals surface area contributed by atoms with E-state index < -0.39 is 112 Å². The van der Waals surface area contributed by atoms with Crippen molar-refractivity contribution in [3.8, 4) is 0 Å². The lowest BCUT2D eigenvalue weighted by Crippen LogP contribution is -2.82. The summed E-state index contributed by atoms with van der Waals surface area (Å²) in [5.41, 5.74) is -6.72. The van der Waals surface area contributed by atoms with E-state index in [4.69, 9.17) is 33.2 Å². The van der Waals surface area contributed by atoms with Crippen LogP contribution in [0, 0.1) is 16.7 Å². The lowest BCUT2D eigenvalue weighted by atomic mass is 9.44. The number of benzene rings is 2. The van der Waals surface area contributed by atoms with Gasteiger partial charge in [-0.3, -0.25) is 14.4 Å². The van der Waals surface area contributed by atoms with Crippen LogP contribution in [-0.2, 0) is 57.1 Å². The monoisotopic (exact) mass is 923 g/mol. The SMILES string of the molecule is CCOC(C)=O.CO[C@H]1C(=O)[C@]2(C)[C@@H](OC)C[C@H]3OC[C@@]3(OC(C)=O)[C@H]2[C@H](OC(=O)c2ccccc2)[C@]2(O)C[C@H](OC(=O)[C@H](O)[C@@H](NC(=O)OC(C)(C)C)c3ccccc3)C(C)=C1C2(C)C. The minimum absolute atomic E-state index is 0.121. The van der Waals surface area contributed by atoms with E-state index in [2.05, 4.69) is 10.1 Å². The highest BCUT2D eigenvalue weighted by molar-refractivity contribution is 5.94. The molecule has 11 atom stereocenters. The molecule has 17 heteroatoms. The smallest absolute Gasteiger partial charge is 0.408 e. The summed E-state index contributed by atoms with van der Waals surface area (Å²) in [6.07, 6.45) is -9.31. The summed E-state index contributed by atoms with van der Waals surface area (Å²) >= 11 is 0. The van der Waals surface area contributed by atoms with E-state index in [9.17, 15) is 34.2 Å². The third kappa shape index (κ3) is 9.77. The Bertz CT molecular complexity index is 2150. The van der Waals surface area contributed by atoms with Crippen LogP contribution in [0.15, 0.2) is 71.8 Å². The van der Waals surface area contributed by atoms with Crippen molar-refractivity contribution in [3.05, 3.63) is 82.9 Å². The number of hydrogen-bond acceptors (Lipinski definition) is 16. The summed E-state index contributed by atoms with van der Waals surface area (Å²) < 4.78 is 46.8. The summed E-state index contributed by atoms with van der Waals surface area (Å²) in [5, 5.41) is 28.0. The van der Waals surface area contributed by atoms with Gasteiger partial charge in [0.1, 0.15) is 35.6 Å². The fourth-order valence-electron chi connectivity index (χ4n) is 10.3. The number of nitrogens with one attached hydrogen (secondary N) is 1. The molecule has 3 N–H and O–H groups in total. The number of amides is 1. The van der Waals surface area contributed by atoms with Gasteiger partial charge in [0.05, 0.1) is 42.3 Å². The van der Waals surface area contributed by atoms with E-state index in [1.54, 1.807) is 116 Å². The van der Waals surface area contributed by atoms with Crippen LogP contribution in [0.1, 0.15) is 104 Å². The number of aliphatic hydroxyl groups excluding tert-OH is 1. The van der Waals surface area contributed by atoms with Crippen LogP contribution in [0.25, 0.3) is 0 Å². The van der Waals surface area contributed by atoms with Crippen LogP contribution < -0.4 is 5.32 Å². The van der Waals surface area contributed by atoms with Crippen molar-refractivity contribution in [2.45, 2.75) is 142 Å². The van der Waals surface area contributed by atoms with E-state index >= 15 is 4.79 Å². The number of esters is 4. The first-order valence-corrected chi connectivity index (χ1v) is 22.0. The zero-order chi connectivity index (χ0) is 49.2. The fourth-order valence-corrected chi connectivity index (χ4v) is 10.3. The average molecular weight is 924 g/mol. The maximum atomic E-state index is 15.5. The molecule has 0 unspecified atom stereocenters. The lowest BCUT2D eigenvalue weighted by Gasteiger charge is -2.67. The van der Waals surface area contributed by atoms with E-state index in [0.717, 1.165) is 0 Å². The molecule has 0 spiro atoms. The maximum Gasteiger partial charge on any atom is 0.408 e. The molecule has 2 saturated carbocycles. The number of fused-ring (bicyclic) bond motifs is 5. The summed E-state index contributed by atoms with van der Waals surface area (Å²) in [5.74, 6) is -4.73. The third-order valence-electron chi connectivity index (χ3n) is 13.4. The zero-order valence-corrected chi connectivity index (χ0v) is 39.8. The van der Waals surface area contributed by atoms with E-state index in [1.807, 2.05) is 0 Å². The predicted octanol–water partition coefficient (Wildman–Crippen LogP) is 5.14. The molecule has 6 rings (SSSR count). The second-order valence-corrected chi connectivity index (χ2v) is 18.9. The molecule has 2 bridgehead atoms. The summed E-state index contributed by atoms with van der Waals surface area (Å²) in [4.78, 5) is 79.9. The number of ether oxygens (including phenoxy) is 8. The Morgan fingerprint density at radius 1 is 0.909 bits per heavy atom. The highest BCUT2D eigenvalue weighted by Gasteiger charge is 2.78. The maximum absolute atomic E-state index is 15.5. The Balaban J connectivity index is 0.00000127. The number of rotatable bonds is 11. The molecular formula is C49H65NO16. The van der Waals surface area contributed by atoms with Gasteiger partial charge in [-0.1, -0.05) is 62.4 Å². The van der Waals surface area contributed by atoms with Gasteiger partial charge in [-0.25, -0.2) is 14.4 Å². The van der Waals surface area contributed by atoms with Gasteiger partial charge in [0, 0.05) is 46.3 Å². The summed E-state index contributed by atoms with van der Waals surface area (Å²) in [7, 11) is 2.78. The Kier molecular flexibility index (Phi) is 15.7. The molecule has 0 radical (unpaired) electrons. The number of aliphatic hydroxyl groups is 2. The fraction of sp³-hybridized carbons (Fsp3) is 0.592. The van der Waals surface area contributed by atoms with Gasteiger partial charge in [0.25, 0.3) is 0 Å². The normalized spacial score (nSPS) is 30.7. The van der Waals surface area contributed by atoms with Gasteiger partial charge in [-0.15, -0.1) is 0 Å². The summed E-state index contributed by atoms with van der Waals surface area (Å²) in [6, 6.07) is 15.1. The molecule has 17 nitrogen and oxygen atoms in total. The Morgan fingerprint density at radius 2 is 1.52 bits per heavy atom. The molecule has 362 valence electrons. The average Bonchev–Trinajstić information content (AvgIpc) is 3.24. The van der Waals surface area contributed by atoms with Crippen molar-refractivity contribution < 1.29 is 76.9 Å². The first-order chi connectivity index (χ1) is 30.8. The lowest BCUT2D eigenvalue weighted by molar-refractivity contribution is -0.347. The van der Waals surface area contributed by atoms with Crippen LogP contribution in [0.3, 0.4) is 0 Å². The van der Waals surface area contributed by atoms with Gasteiger partial charge < -0.3 is 53.4 Å². The molecule has 1 heterocycles. The molecule has 1 aliphatic heterocycles. The van der Waals surface area contributed by atoms with Crippen molar-refractivity contribution >= 4 is 35.8 Å². The molecule has 4 aliphatic rings. The highest BCUT2D eigenvalue weighted by atomic mass is 16.6. The van der Waals surface area contributed by atoms with Gasteiger partial charge >= 0.3 is 30.0 Å². The molecule has 2 aromatic rings. The second-order valence-electron chi connectivity index (χ2n) is 18.9. The Hall–Kier alpha value is -5.20. The Labute approximate surface area is 385 Å². The van der Waals surface area contributed by atoms with Gasteiger partial charge in [-0.2, -0.15) is 0 Å². The number of Topliss-reactive ketones (excluding diaryl/α,β-unsaturated/α-hetero) is 1. The molecule has 66 heavy (non-hydrogen) atoms. The van der Waals surface area contributed by atoms with E-state index in [1.165, 1.54) is 28.1 Å². The van der Waals surface area contributed by atoms with Crippen LogP contribution in [0.5, 0.6) is 0 Å². The number of hydrogen-bond donors (Lipinski definition) is 3. The van der Waals surface area contributed by atoms with Crippen molar-refractivity contribution in [1.82, 2.24) is 5.32 Å². The van der Waals surface area contributed by atoms with Gasteiger partial charge in [-0.05, 0) is 70.4 Å². The molecule has 3 aliphatic carbocycles. The van der Waals surface area contributed by atoms with E-state index in [-0.39, 0.29) is 30.1 Å². The number of methoxy groups -OCH3 is 2. The topological polar surface area (TPSA) is 229 Å². The molecular weight excluding hydrogens is 859 g/mol. The zero-order valence-electron chi connectivity index (χ0n) is 39.8. The minimum atomic E-state index is -2.22. The number of alkyl carbamates (subject to hydrolysis) is 1. The largest absolute Gasteiger partial charge is 0.466 e. The first kappa shape index (κ1) is 51.8. The molecule has 0 aromatic heterocycles. The number of carbonyl (C=O) groups is 6. The van der Waals surface area contributed by atoms with Crippen molar-refractivity contribution in [2.24, 2.45) is 16.7 Å². The van der Waals surface area contributed by atoms with Gasteiger partial charge in [0.2, 0.25) is 0 Å². The number of carbonyl (C=O) groups excluding carboxylic acids is 6. The quantitative estimate of drug-likeness (QED) is 0.151. The molecule has 1 saturated heterocycles. The second kappa shape index (κ2) is 20.0. The minimum Gasteiger partial charge on any atom is -0.466 e. The molecule has 2 aromatic carbocycles. The van der Waals surface area contributed by atoms with Crippen molar-refractivity contribution in [2.75, 3.05) is 27.4 Å². The van der Waals surface area contributed by atoms with Crippen LogP contribution in [0.2, 0.25) is 0 Å². The van der Waals surface area contributed by atoms with Crippen LogP contribution in [0.4, 0.5) is 4.79 Å². The standard InChI is InChI=1S/C45H57NO14.C4H8O2/c1-24-28(57-39(51)33(48)32(26-17-13-11-14-18-26)46-40(52)60-41(3,4)5)22-45(53)37(58-38(50)27-19-15-12-16-20-27)35-43(8,36(49)34(55-10)31(24)42(45,6)7)29(54-9)21-30-44(35,23-56-30)59-25(2)47;1-3-6-4(2)5/h11-20,28-30,32-35,37,48,53H,21-23H2,1-10H3,(H,46,52);3H2,1-2H3/t28-,29-,30+,32-,33+,34+,35-,37-,43+,44-,45+;/m0./s1. The molecule has 3 fully saturated rings. The first-order valence-electron chi connectivity index (χ1n) is 22.0.